The Labute approximate surface area is 137 Å². The standard InChI is InChI=1S/C18H16F2N2O2/c1-22-10-12(11-5-2-3-8-15(11)22)16(23)9-21-18(24)17-13(19)6-4-7-14(17)20/h2-8,10,16,23H,9H2,1H3,(H,21,24)/t16-/m0/s1. The summed E-state index contributed by atoms with van der Waals surface area (Å²) < 4.78 is 29.1. The number of aliphatic hydroxyl groups excluding tert-OH is 1. The second-order valence-electron chi connectivity index (χ2n) is 5.53. The predicted molar refractivity (Wildman–Crippen MR) is 86.6 cm³/mol. The van der Waals surface area contributed by atoms with E-state index in [0.717, 1.165) is 23.0 Å². The Kier molecular flexibility index (Phi) is 4.31. The highest BCUT2D eigenvalue weighted by Gasteiger charge is 2.19. The van der Waals surface area contributed by atoms with Crippen LogP contribution in [0.3, 0.4) is 0 Å². The monoisotopic (exact) mass is 330 g/mol. The first-order chi connectivity index (χ1) is 11.5. The van der Waals surface area contributed by atoms with Crippen molar-refractivity contribution >= 4 is 16.8 Å². The smallest absolute Gasteiger partial charge is 0.257 e. The first kappa shape index (κ1) is 16.1. The molecule has 2 aromatic carbocycles. The average molecular weight is 330 g/mol. The molecule has 2 N–H and O–H groups in total. The number of aromatic nitrogens is 1. The van der Waals surface area contributed by atoms with Gasteiger partial charge >= 0.3 is 0 Å². The Morgan fingerprint density at radius 3 is 2.54 bits per heavy atom. The average Bonchev–Trinajstić information content (AvgIpc) is 2.90. The summed E-state index contributed by atoms with van der Waals surface area (Å²) in [7, 11) is 1.85. The molecule has 6 heteroatoms. The lowest BCUT2D eigenvalue weighted by molar-refractivity contribution is 0.0908. The largest absolute Gasteiger partial charge is 0.386 e. The third kappa shape index (κ3) is 2.88. The predicted octanol–water partition coefficient (Wildman–Crippen LogP) is 2.92. The van der Waals surface area contributed by atoms with Crippen LogP contribution in [0.15, 0.2) is 48.7 Å². The van der Waals surface area contributed by atoms with Gasteiger partial charge in [0, 0.05) is 36.3 Å². The van der Waals surface area contributed by atoms with Crippen LogP contribution < -0.4 is 5.32 Å². The Hall–Kier alpha value is -2.73. The van der Waals surface area contributed by atoms with E-state index in [9.17, 15) is 18.7 Å². The molecule has 0 aliphatic rings. The zero-order valence-electron chi connectivity index (χ0n) is 13.0. The van der Waals surface area contributed by atoms with Crippen LogP contribution in [0.4, 0.5) is 8.78 Å². The summed E-state index contributed by atoms with van der Waals surface area (Å²) in [5.41, 5.74) is 0.933. The van der Waals surface area contributed by atoms with Crippen molar-refractivity contribution in [2.75, 3.05) is 6.54 Å². The zero-order valence-corrected chi connectivity index (χ0v) is 13.0. The van der Waals surface area contributed by atoms with Crippen LogP contribution in [0, 0.1) is 11.6 Å². The van der Waals surface area contributed by atoms with Gasteiger partial charge in [0.05, 0.1) is 6.10 Å². The summed E-state index contributed by atoms with van der Waals surface area (Å²) in [6, 6.07) is 10.7. The number of aryl methyl sites for hydroxylation is 1. The fourth-order valence-corrected chi connectivity index (χ4v) is 2.74. The Balaban J connectivity index is 1.78. The molecule has 0 saturated heterocycles. The minimum Gasteiger partial charge on any atom is -0.386 e. The molecule has 24 heavy (non-hydrogen) atoms. The summed E-state index contributed by atoms with van der Waals surface area (Å²) in [6.45, 7) is -0.152. The van der Waals surface area contributed by atoms with E-state index in [1.807, 2.05) is 35.9 Å². The number of aliphatic hydroxyl groups is 1. The van der Waals surface area contributed by atoms with Crippen molar-refractivity contribution in [1.82, 2.24) is 9.88 Å². The Morgan fingerprint density at radius 2 is 1.83 bits per heavy atom. The normalized spacial score (nSPS) is 12.3. The molecule has 124 valence electrons. The molecule has 0 radical (unpaired) electrons. The van der Waals surface area contributed by atoms with Crippen molar-refractivity contribution in [3.63, 3.8) is 0 Å². The zero-order chi connectivity index (χ0) is 17.3. The van der Waals surface area contributed by atoms with Gasteiger partial charge in [-0.25, -0.2) is 8.78 Å². The van der Waals surface area contributed by atoms with Crippen LogP contribution in [-0.4, -0.2) is 22.1 Å². The number of benzene rings is 2. The van der Waals surface area contributed by atoms with Gasteiger partial charge in [0.15, 0.2) is 0 Å². The van der Waals surface area contributed by atoms with Crippen molar-refractivity contribution in [3.05, 3.63) is 71.4 Å². The highest BCUT2D eigenvalue weighted by Crippen LogP contribution is 2.25. The highest BCUT2D eigenvalue weighted by atomic mass is 19.1. The summed E-state index contributed by atoms with van der Waals surface area (Å²) in [5, 5.41) is 13.6. The lowest BCUT2D eigenvalue weighted by Crippen LogP contribution is -2.29. The molecule has 0 unspecified atom stereocenters. The van der Waals surface area contributed by atoms with Crippen LogP contribution in [0.5, 0.6) is 0 Å². The molecule has 1 atom stereocenters. The number of rotatable bonds is 4. The summed E-state index contributed by atoms with van der Waals surface area (Å²) >= 11 is 0. The number of carbonyl (C=O) groups excluding carboxylic acids is 1. The maximum Gasteiger partial charge on any atom is 0.257 e. The minimum atomic E-state index is -0.991. The molecular weight excluding hydrogens is 314 g/mol. The number of nitrogens with zero attached hydrogens (tertiary/aromatic N) is 1. The number of halogens is 2. The molecule has 0 aliphatic heterocycles. The van der Waals surface area contributed by atoms with Gasteiger partial charge in [0.25, 0.3) is 5.91 Å². The third-order valence-corrected chi connectivity index (χ3v) is 3.93. The van der Waals surface area contributed by atoms with E-state index in [-0.39, 0.29) is 6.54 Å². The van der Waals surface area contributed by atoms with Gasteiger partial charge < -0.3 is 15.0 Å². The number of carbonyl (C=O) groups is 1. The van der Waals surface area contributed by atoms with Crippen molar-refractivity contribution in [1.29, 1.82) is 0 Å². The quantitative estimate of drug-likeness (QED) is 0.773. The van der Waals surface area contributed by atoms with E-state index in [2.05, 4.69) is 5.32 Å². The second kappa shape index (κ2) is 6.41. The Bertz CT molecular complexity index is 885. The topological polar surface area (TPSA) is 54.3 Å². The molecule has 3 rings (SSSR count). The highest BCUT2D eigenvalue weighted by molar-refractivity contribution is 5.94. The van der Waals surface area contributed by atoms with Crippen molar-refractivity contribution in [2.45, 2.75) is 6.10 Å². The molecule has 0 fully saturated rings. The summed E-state index contributed by atoms with van der Waals surface area (Å²) in [4.78, 5) is 12.0. The Morgan fingerprint density at radius 1 is 1.17 bits per heavy atom. The van der Waals surface area contributed by atoms with Crippen LogP contribution in [-0.2, 0) is 7.05 Å². The molecule has 0 aliphatic carbocycles. The molecule has 0 spiro atoms. The van der Waals surface area contributed by atoms with Crippen LogP contribution in [0.2, 0.25) is 0 Å². The van der Waals surface area contributed by atoms with E-state index in [4.69, 9.17) is 0 Å². The lowest BCUT2D eigenvalue weighted by Gasteiger charge is -2.12. The van der Waals surface area contributed by atoms with E-state index >= 15 is 0 Å². The maximum absolute atomic E-state index is 13.6. The first-order valence-corrected chi connectivity index (χ1v) is 7.43. The van der Waals surface area contributed by atoms with Crippen molar-refractivity contribution in [3.8, 4) is 0 Å². The third-order valence-electron chi connectivity index (χ3n) is 3.93. The summed E-state index contributed by atoms with van der Waals surface area (Å²) in [5.74, 6) is -2.77. The number of hydrogen-bond acceptors (Lipinski definition) is 2. The number of amides is 1. The van der Waals surface area contributed by atoms with E-state index < -0.39 is 29.2 Å². The first-order valence-electron chi connectivity index (χ1n) is 7.43. The van der Waals surface area contributed by atoms with Crippen molar-refractivity contribution < 1.29 is 18.7 Å². The van der Waals surface area contributed by atoms with Gasteiger partial charge in [-0.05, 0) is 18.2 Å². The van der Waals surface area contributed by atoms with Crippen LogP contribution in [0.1, 0.15) is 22.0 Å². The molecular formula is C18H16F2N2O2. The molecule has 1 aromatic heterocycles. The number of nitrogens with one attached hydrogen (secondary N) is 1. The van der Waals surface area contributed by atoms with Gasteiger partial charge in [0.2, 0.25) is 0 Å². The van der Waals surface area contributed by atoms with Gasteiger partial charge in [-0.3, -0.25) is 4.79 Å². The van der Waals surface area contributed by atoms with Gasteiger partial charge in [-0.15, -0.1) is 0 Å². The van der Waals surface area contributed by atoms with Crippen LogP contribution in [0.25, 0.3) is 10.9 Å². The molecule has 0 saturated carbocycles. The van der Waals surface area contributed by atoms with E-state index in [1.165, 1.54) is 6.07 Å². The van der Waals surface area contributed by atoms with Crippen molar-refractivity contribution in [2.24, 2.45) is 7.05 Å². The van der Waals surface area contributed by atoms with Crippen LogP contribution >= 0.6 is 0 Å². The molecule has 1 heterocycles. The molecule has 1 amide bonds. The minimum absolute atomic E-state index is 0.152. The lowest BCUT2D eigenvalue weighted by atomic mass is 10.1. The number of hydrogen-bond donors (Lipinski definition) is 2. The summed E-state index contributed by atoms with van der Waals surface area (Å²) in [6.07, 6.45) is 0.778. The fraction of sp³-hybridized carbons (Fsp3) is 0.167. The van der Waals surface area contributed by atoms with Gasteiger partial charge in [-0.2, -0.15) is 0 Å². The van der Waals surface area contributed by atoms with Gasteiger partial charge in [-0.1, -0.05) is 24.3 Å². The van der Waals surface area contributed by atoms with Gasteiger partial charge in [0.1, 0.15) is 17.2 Å². The SMILES string of the molecule is Cn1cc([C@@H](O)CNC(=O)c2c(F)cccc2F)c2ccccc21. The number of fused-ring (bicyclic) bond motifs is 1. The second-order valence-corrected chi connectivity index (χ2v) is 5.53. The maximum atomic E-state index is 13.6. The number of para-hydroxylation sites is 1. The van der Waals surface area contributed by atoms with E-state index in [0.29, 0.717) is 5.56 Å². The molecule has 3 aromatic rings. The molecule has 4 nitrogen and oxygen atoms in total. The molecule has 0 bridgehead atoms. The van der Waals surface area contributed by atoms with E-state index in [1.54, 1.807) is 6.20 Å². The fourth-order valence-electron chi connectivity index (χ4n) is 2.74.